The van der Waals surface area contributed by atoms with Gasteiger partial charge in [-0.3, -0.25) is 5.32 Å². The quantitative estimate of drug-likeness (QED) is 0.355. The van der Waals surface area contributed by atoms with Gasteiger partial charge in [0.25, 0.3) is 0 Å². The van der Waals surface area contributed by atoms with Crippen molar-refractivity contribution >= 4 is 17.8 Å². The highest BCUT2D eigenvalue weighted by molar-refractivity contribution is 6.04. The number of hydrogen-bond acceptors (Lipinski definition) is 5. The lowest BCUT2D eigenvalue weighted by Crippen LogP contribution is -2.17. The number of aryl methyl sites for hydroxylation is 1. The molecule has 1 amide bonds. The first-order valence-electron chi connectivity index (χ1n) is 3.48. The molecule has 0 saturated carbocycles. The predicted molar refractivity (Wildman–Crippen MR) is 47.0 cm³/mol. The Morgan fingerprint density at radius 3 is 2.93 bits per heavy atom. The van der Waals surface area contributed by atoms with Crippen LogP contribution in [0.4, 0.5) is 10.7 Å². The Kier molecular flexibility index (Phi) is 2.56. The van der Waals surface area contributed by atoms with Crippen molar-refractivity contribution in [2.24, 2.45) is 10.9 Å². The molecule has 14 heavy (non-hydrogen) atoms. The minimum atomic E-state index is -1.35. The topological polar surface area (TPSA) is 137 Å². The summed E-state index contributed by atoms with van der Waals surface area (Å²) in [5.74, 6) is -0.598. The van der Waals surface area contributed by atoms with Crippen LogP contribution >= 0.6 is 0 Å². The highest BCUT2D eigenvalue weighted by Gasteiger charge is 2.17. The van der Waals surface area contributed by atoms with Crippen molar-refractivity contribution in [3.05, 3.63) is 16.5 Å². The SMILES string of the molecule is Cc1noc(NC(=O)O)c1/C(N)=N\[O-]. The van der Waals surface area contributed by atoms with Gasteiger partial charge in [-0.25, -0.2) is 4.79 Å². The highest BCUT2D eigenvalue weighted by atomic mass is 16.5. The van der Waals surface area contributed by atoms with Gasteiger partial charge in [0.05, 0.1) is 5.69 Å². The molecule has 8 heteroatoms. The lowest BCUT2D eigenvalue weighted by molar-refractivity contribution is 0.208. The van der Waals surface area contributed by atoms with Crippen molar-refractivity contribution in [1.82, 2.24) is 5.16 Å². The van der Waals surface area contributed by atoms with Crippen LogP contribution in [0, 0.1) is 12.1 Å². The Bertz CT molecular complexity index is 383. The molecule has 0 aromatic carbocycles. The van der Waals surface area contributed by atoms with E-state index in [0.717, 1.165) is 0 Å². The molecule has 0 fully saturated rings. The molecule has 0 aliphatic rings. The third-order valence-corrected chi connectivity index (χ3v) is 1.44. The molecule has 76 valence electrons. The maximum atomic E-state index is 10.3. The molecule has 0 spiro atoms. The minimum absolute atomic E-state index is 0.0578. The lowest BCUT2D eigenvalue weighted by Gasteiger charge is -2.02. The first-order chi connectivity index (χ1) is 6.56. The standard InChI is InChI=1S/C6H8N4O4/c1-2-3(4(7)9-13)5(14-10-2)8-6(11)12/h8,13H,1H3,(H2,7,9)(H,11,12)/p-1. The van der Waals surface area contributed by atoms with Crippen LogP contribution in [0.2, 0.25) is 0 Å². The number of nitrogens with two attached hydrogens (primary N) is 1. The van der Waals surface area contributed by atoms with E-state index in [9.17, 15) is 10.0 Å². The summed E-state index contributed by atoms with van der Waals surface area (Å²) in [7, 11) is 0. The fraction of sp³-hybridized carbons (Fsp3) is 0.167. The molecule has 0 bridgehead atoms. The molecule has 0 aliphatic heterocycles. The molecule has 0 radical (unpaired) electrons. The number of anilines is 1. The number of amidine groups is 1. The second kappa shape index (κ2) is 3.64. The van der Waals surface area contributed by atoms with Gasteiger partial charge < -0.3 is 25.7 Å². The van der Waals surface area contributed by atoms with Crippen LogP contribution in [-0.2, 0) is 0 Å². The summed E-state index contributed by atoms with van der Waals surface area (Å²) in [6.07, 6.45) is -1.35. The van der Waals surface area contributed by atoms with Crippen molar-refractivity contribution in [3.63, 3.8) is 0 Å². The van der Waals surface area contributed by atoms with E-state index in [-0.39, 0.29) is 23.0 Å². The Balaban J connectivity index is 3.12. The van der Waals surface area contributed by atoms with E-state index < -0.39 is 6.09 Å². The average molecular weight is 199 g/mol. The van der Waals surface area contributed by atoms with Crippen molar-refractivity contribution < 1.29 is 14.4 Å². The summed E-state index contributed by atoms with van der Waals surface area (Å²) in [6.45, 7) is 1.50. The normalized spacial score (nSPS) is 11.4. The van der Waals surface area contributed by atoms with E-state index in [0.29, 0.717) is 0 Å². The third-order valence-electron chi connectivity index (χ3n) is 1.44. The molecule has 0 saturated heterocycles. The highest BCUT2D eigenvalue weighted by Crippen LogP contribution is 2.18. The van der Waals surface area contributed by atoms with Crippen LogP contribution in [0.3, 0.4) is 0 Å². The van der Waals surface area contributed by atoms with Crippen LogP contribution in [0.15, 0.2) is 9.68 Å². The van der Waals surface area contributed by atoms with Crippen molar-refractivity contribution in [3.8, 4) is 0 Å². The fourth-order valence-corrected chi connectivity index (χ4v) is 0.899. The van der Waals surface area contributed by atoms with Gasteiger partial charge in [-0.2, -0.15) is 0 Å². The molecule has 0 aliphatic carbocycles. The number of amides is 1. The Labute approximate surface area is 78.0 Å². The molecular weight excluding hydrogens is 192 g/mol. The molecule has 4 N–H and O–H groups in total. The number of carboxylic acid groups (broad SMARTS) is 1. The zero-order valence-corrected chi connectivity index (χ0v) is 7.14. The van der Waals surface area contributed by atoms with Crippen LogP contribution in [0.5, 0.6) is 0 Å². The molecular formula is C6H7N4O4-. The second-order valence-electron chi connectivity index (χ2n) is 2.38. The Morgan fingerprint density at radius 1 is 1.79 bits per heavy atom. The lowest BCUT2D eigenvalue weighted by atomic mass is 10.2. The third kappa shape index (κ3) is 1.73. The summed E-state index contributed by atoms with van der Waals surface area (Å²) in [4.78, 5) is 10.3. The van der Waals surface area contributed by atoms with Crippen LogP contribution in [0.25, 0.3) is 0 Å². The molecule has 8 nitrogen and oxygen atoms in total. The van der Waals surface area contributed by atoms with E-state index in [2.05, 4.69) is 14.8 Å². The zero-order chi connectivity index (χ0) is 10.7. The number of nitrogens with one attached hydrogen (secondary N) is 1. The Morgan fingerprint density at radius 2 is 2.43 bits per heavy atom. The van der Waals surface area contributed by atoms with Gasteiger partial charge in [-0.1, -0.05) is 5.16 Å². The van der Waals surface area contributed by atoms with E-state index >= 15 is 0 Å². The first-order valence-corrected chi connectivity index (χ1v) is 3.48. The van der Waals surface area contributed by atoms with Crippen molar-refractivity contribution in [2.75, 3.05) is 5.32 Å². The maximum Gasteiger partial charge on any atom is 0.411 e. The van der Waals surface area contributed by atoms with Gasteiger partial charge in [0.2, 0.25) is 5.88 Å². The van der Waals surface area contributed by atoms with E-state index in [1.807, 2.05) is 5.32 Å². The van der Waals surface area contributed by atoms with Gasteiger partial charge >= 0.3 is 6.09 Å². The average Bonchev–Trinajstić information content (AvgIpc) is 2.45. The van der Waals surface area contributed by atoms with E-state index in [1.54, 1.807) is 0 Å². The smallest absolute Gasteiger partial charge is 0.411 e. The van der Waals surface area contributed by atoms with Gasteiger partial charge in [-0.15, -0.1) is 0 Å². The van der Waals surface area contributed by atoms with Crippen molar-refractivity contribution in [2.45, 2.75) is 6.92 Å². The van der Waals surface area contributed by atoms with E-state index in [4.69, 9.17) is 10.8 Å². The minimum Gasteiger partial charge on any atom is -0.790 e. The monoisotopic (exact) mass is 199 g/mol. The van der Waals surface area contributed by atoms with Gasteiger partial charge in [0.15, 0.2) is 0 Å². The molecule has 1 aromatic heterocycles. The molecule has 1 rings (SSSR count). The molecule has 1 heterocycles. The summed E-state index contributed by atoms with van der Waals surface area (Å²) >= 11 is 0. The number of aromatic nitrogens is 1. The second-order valence-corrected chi connectivity index (χ2v) is 2.38. The Hall–Kier alpha value is -2.25. The largest absolute Gasteiger partial charge is 0.790 e. The number of nitrogens with zero attached hydrogens (tertiary/aromatic N) is 2. The number of rotatable bonds is 2. The first kappa shape index (κ1) is 9.84. The van der Waals surface area contributed by atoms with E-state index in [1.165, 1.54) is 6.92 Å². The van der Waals surface area contributed by atoms with Crippen molar-refractivity contribution in [1.29, 1.82) is 0 Å². The molecule has 0 unspecified atom stereocenters. The maximum absolute atomic E-state index is 10.3. The summed E-state index contributed by atoms with van der Waals surface area (Å²) < 4.78 is 4.59. The summed E-state index contributed by atoms with van der Waals surface area (Å²) in [6, 6.07) is 0. The van der Waals surface area contributed by atoms with Gasteiger partial charge in [0.1, 0.15) is 11.4 Å². The molecule has 0 atom stereocenters. The van der Waals surface area contributed by atoms with Gasteiger partial charge in [0, 0.05) is 0 Å². The predicted octanol–water partition coefficient (Wildman–Crippen LogP) is 0.276. The van der Waals surface area contributed by atoms with Gasteiger partial charge in [-0.05, 0) is 6.92 Å². The summed E-state index contributed by atoms with van der Waals surface area (Å²) in [5, 5.41) is 26.3. The number of carbonyl (C=O) groups is 1. The molecule has 1 aromatic rings. The summed E-state index contributed by atoms with van der Waals surface area (Å²) in [5.41, 5.74) is 5.56. The van der Waals surface area contributed by atoms with Crippen LogP contribution < -0.4 is 11.1 Å². The zero-order valence-electron chi connectivity index (χ0n) is 7.14. The van der Waals surface area contributed by atoms with Crippen LogP contribution in [-0.4, -0.2) is 22.2 Å². The number of hydrogen-bond donors (Lipinski definition) is 3. The fourth-order valence-electron chi connectivity index (χ4n) is 0.899. The van der Waals surface area contributed by atoms with Crippen LogP contribution in [0.1, 0.15) is 11.3 Å².